The number of hydrogen-bond donors (Lipinski definition) is 3. The maximum Gasteiger partial charge on any atom is 0.246 e. The molecule has 0 heterocycles. The summed E-state index contributed by atoms with van der Waals surface area (Å²) in [6, 6.07) is -1.07. The van der Waals surface area contributed by atoms with Crippen LogP contribution in [0.3, 0.4) is 0 Å². The average molecular weight is 203 g/mol. The number of hydrogen-bond acceptors (Lipinski definition) is 4. The second-order valence-corrected chi connectivity index (χ2v) is 2.63. The van der Waals surface area contributed by atoms with Gasteiger partial charge < -0.3 is 21.5 Å². The lowest BCUT2D eigenvalue weighted by molar-refractivity contribution is -0.131. The Morgan fingerprint density at radius 2 is 1.93 bits per heavy atom. The molecule has 0 radical (unpaired) electrons. The van der Waals surface area contributed by atoms with Crippen molar-refractivity contribution >= 4 is 17.7 Å². The molecule has 0 saturated heterocycles. The summed E-state index contributed by atoms with van der Waals surface area (Å²) in [5.74, 6) is -2.06. The van der Waals surface area contributed by atoms with E-state index in [2.05, 4.69) is 10.1 Å². The molecular weight excluding hydrogens is 190 g/mol. The Balaban J connectivity index is 4.16. The molecular formula is C7H13N3O4. The lowest BCUT2D eigenvalue weighted by Gasteiger charge is -2.12. The van der Waals surface area contributed by atoms with Crippen LogP contribution in [0.25, 0.3) is 0 Å². The first-order valence-corrected chi connectivity index (χ1v) is 3.83. The van der Waals surface area contributed by atoms with Crippen molar-refractivity contribution in [3.8, 4) is 0 Å². The molecule has 0 aliphatic heterocycles. The Morgan fingerprint density at radius 1 is 1.36 bits per heavy atom. The largest absolute Gasteiger partial charge is 0.375 e. The van der Waals surface area contributed by atoms with Gasteiger partial charge in [0.1, 0.15) is 12.6 Å². The molecule has 0 bridgehead atoms. The highest BCUT2D eigenvalue weighted by molar-refractivity contribution is 5.90. The summed E-state index contributed by atoms with van der Waals surface area (Å²) in [7, 11) is 1.33. The minimum absolute atomic E-state index is 0.206. The molecule has 0 aromatic rings. The van der Waals surface area contributed by atoms with Gasteiger partial charge in [0.15, 0.2) is 0 Å². The number of ether oxygens (including phenoxy) is 1. The van der Waals surface area contributed by atoms with Gasteiger partial charge in [-0.05, 0) is 0 Å². The highest BCUT2D eigenvalue weighted by Crippen LogP contribution is 1.90. The van der Waals surface area contributed by atoms with Gasteiger partial charge in [-0.15, -0.1) is 0 Å². The molecule has 14 heavy (non-hydrogen) atoms. The van der Waals surface area contributed by atoms with E-state index < -0.39 is 23.8 Å². The third-order valence-electron chi connectivity index (χ3n) is 1.36. The molecule has 0 saturated carbocycles. The van der Waals surface area contributed by atoms with E-state index in [0.29, 0.717) is 0 Å². The number of amides is 3. The van der Waals surface area contributed by atoms with Crippen molar-refractivity contribution < 1.29 is 19.1 Å². The first-order chi connectivity index (χ1) is 6.47. The molecule has 0 aromatic heterocycles. The van der Waals surface area contributed by atoms with E-state index in [-0.39, 0.29) is 13.0 Å². The van der Waals surface area contributed by atoms with Crippen LogP contribution in [0, 0.1) is 0 Å². The van der Waals surface area contributed by atoms with Gasteiger partial charge in [-0.25, -0.2) is 0 Å². The fourth-order valence-corrected chi connectivity index (χ4v) is 0.791. The Kier molecular flexibility index (Phi) is 5.23. The molecule has 0 aromatic carbocycles. The van der Waals surface area contributed by atoms with Crippen LogP contribution in [0.1, 0.15) is 6.42 Å². The molecule has 0 spiro atoms. The summed E-state index contributed by atoms with van der Waals surface area (Å²) in [5, 5.41) is 2.21. The maximum atomic E-state index is 10.9. The predicted octanol–water partition coefficient (Wildman–Crippen LogP) is -2.52. The van der Waals surface area contributed by atoms with Crippen molar-refractivity contribution in [1.82, 2.24) is 5.32 Å². The van der Waals surface area contributed by atoms with Crippen LogP contribution in [0.4, 0.5) is 0 Å². The van der Waals surface area contributed by atoms with Gasteiger partial charge in [0, 0.05) is 7.11 Å². The number of primary amides is 2. The molecule has 7 nitrogen and oxygen atoms in total. The molecule has 0 fully saturated rings. The molecule has 5 N–H and O–H groups in total. The van der Waals surface area contributed by atoms with E-state index in [4.69, 9.17) is 11.5 Å². The van der Waals surface area contributed by atoms with E-state index >= 15 is 0 Å². The van der Waals surface area contributed by atoms with Gasteiger partial charge in [-0.2, -0.15) is 0 Å². The SMILES string of the molecule is COCC(=O)N[C@@H](CC(N)=O)C(N)=O. The lowest BCUT2D eigenvalue weighted by Crippen LogP contribution is -2.47. The maximum absolute atomic E-state index is 10.9. The lowest BCUT2D eigenvalue weighted by atomic mass is 10.2. The minimum atomic E-state index is -1.07. The number of nitrogens with one attached hydrogen (secondary N) is 1. The standard InChI is InChI=1S/C7H13N3O4/c1-14-3-6(12)10-4(7(9)13)2-5(8)11/h4H,2-3H2,1H3,(H2,8,11)(H2,9,13)(H,10,12)/t4-/m0/s1. The molecule has 0 rings (SSSR count). The van der Waals surface area contributed by atoms with Gasteiger partial charge >= 0.3 is 0 Å². The summed E-state index contributed by atoms with van der Waals surface area (Å²) in [4.78, 5) is 32.2. The molecule has 0 aliphatic rings. The number of methoxy groups -OCH3 is 1. The monoisotopic (exact) mass is 203 g/mol. The number of rotatable bonds is 6. The quantitative estimate of drug-likeness (QED) is 0.440. The fourth-order valence-electron chi connectivity index (χ4n) is 0.791. The zero-order valence-corrected chi connectivity index (χ0v) is 7.78. The van der Waals surface area contributed by atoms with E-state index in [1.807, 2.05) is 0 Å². The number of nitrogens with two attached hydrogens (primary N) is 2. The molecule has 7 heteroatoms. The summed E-state index contributed by atoms with van der Waals surface area (Å²) in [6.45, 7) is -0.206. The van der Waals surface area contributed by atoms with Crippen LogP contribution in [-0.2, 0) is 19.1 Å². The zero-order chi connectivity index (χ0) is 11.1. The molecule has 3 amide bonds. The van der Waals surface area contributed by atoms with Gasteiger partial charge in [-0.3, -0.25) is 14.4 Å². The number of carbonyl (C=O) groups excluding carboxylic acids is 3. The molecule has 80 valence electrons. The first-order valence-electron chi connectivity index (χ1n) is 3.83. The molecule has 0 aliphatic carbocycles. The van der Waals surface area contributed by atoms with Crippen LogP contribution in [-0.4, -0.2) is 37.5 Å². The predicted molar refractivity (Wildman–Crippen MR) is 46.8 cm³/mol. The summed E-state index contributed by atoms with van der Waals surface area (Å²) < 4.78 is 4.51. The minimum Gasteiger partial charge on any atom is -0.375 e. The molecule has 0 unspecified atom stereocenters. The van der Waals surface area contributed by atoms with Crippen LogP contribution < -0.4 is 16.8 Å². The van der Waals surface area contributed by atoms with E-state index in [0.717, 1.165) is 0 Å². The summed E-state index contributed by atoms with van der Waals surface area (Å²) >= 11 is 0. The van der Waals surface area contributed by atoms with E-state index in [9.17, 15) is 14.4 Å². The molecule has 1 atom stereocenters. The Hall–Kier alpha value is -1.63. The Morgan fingerprint density at radius 3 is 2.29 bits per heavy atom. The third kappa shape index (κ3) is 5.09. The van der Waals surface area contributed by atoms with Crippen molar-refractivity contribution in [1.29, 1.82) is 0 Å². The zero-order valence-electron chi connectivity index (χ0n) is 7.78. The highest BCUT2D eigenvalue weighted by atomic mass is 16.5. The average Bonchev–Trinajstić information content (AvgIpc) is 2.02. The van der Waals surface area contributed by atoms with Crippen LogP contribution in [0.15, 0.2) is 0 Å². The van der Waals surface area contributed by atoms with Gasteiger partial charge in [0.05, 0.1) is 6.42 Å². The Labute approximate surface area is 80.8 Å². The first kappa shape index (κ1) is 12.4. The van der Waals surface area contributed by atoms with Crippen molar-refractivity contribution in [3.05, 3.63) is 0 Å². The smallest absolute Gasteiger partial charge is 0.246 e. The normalized spacial score (nSPS) is 11.8. The van der Waals surface area contributed by atoms with Crippen molar-refractivity contribution in [3.63, 3.8) is 0 Å². The highest BCUT2D eigenvalue weighted by Gasteiger charge is 2.19. The fraction of sp³-hybridized carbons (Fsp3) is 0.571. The van der Waals surface area contributed by atoms with Crippen molar-refractivity contribution in [2.24, 2.45) is 11.5 Å². The summed E-state index contributed by atoms with van der Waals surface area (Å²) in [6.07, 6.45) is -0.315. The van der Waals surface area contributed by atoms with Crippen LogP contribution in [0.5, 0.6) is 0 Å². The topological polar surface area (TPSA) is 125 Å². The van der Waals surface area contributed by atoms with Crippen molar-refractivity contribution in [2.75, 3.05) is 13.7 Å². The van der Waals surface area contributed by atoms with Gasteiger partial charge in [0.2, 0.25) is 17.7 Å². The van der Waals surface area contributed by atoms with Crippen LogP contribution in [0.2, 0.25) is 0 Å². The Bertz CT molecular complexity index is 241. The second-order valence-electron chi connectivity index (χ2n) is 2.63. The van der Waals surface area contributed by atoms with Crippen molar-refractivity contribution in [2.45, 2.75) is 12.5 Å². The van der Waals surface area contributed by atoms with Gasteiger partial charge in [-0.1, -0.05) is 0 Å². The second kappa shape index (κ2) is 5.92. The van der Waals surface area contributed by atoms with Gasteiger partial charge in [0.25, 0.3) is 0 Å². The van der Waals surface area contributed by atoms with Crippen LogP contribution >= 0.6 is 0 Å². The van der Waals surface area contributed by atoms with E-state index in [1.54, 1.807) is 0 Å². The third-order valence-corrected chi connectivity index (χ3v) is 1.36. The summed E-state index contributed by atoms with van der Waals surface area (Å²) in [5.41, 5.74) is 9.78. The van der Waals surface area contributed by atoms with E-state index in [1.165, 1.54) is 7.11 Å². The number of carbonyl (C=O) groups is 3.